The van der Waals surface area contributed by atoms with Gasteiger partial charge in [0.2, 0.25) is 5.95 Å². The first kappa shape index (κ1) is 21.4. The molecule has 0 radical (unpaired) electrons. The number of aromatic nitrogens is 3. The monoisotopic (exact) mass is 446 g/mol. The van der Waals surface area contributed by atoms with E-state index in [2.05, 4.69) is 25.0 Å². The lowest BCUT2D eigenvalue weighted by Gasteiger charge is -2.10. The van der Waals surface area contributed by atoms with Crippen molar-refractivity contribution in [3.63, 3.8) is 0 Å². The summed E-state index contributed by atoms with van der Waals surface area (Å²) in [6, 6.07) is 22.7. The number of pyridine rings is 1. The highest BCUT2D eigenvalue weighted by atomic mass is 32.2. The Morgan fingerprint density at radius 3 is 2.50 bits per heavy atom. The van der Waals surface area contributed by atoms with Gasteiger partial charge in [0.15, 0.2) is 0 Å². The third-order valence-corrected chi connectivity index (χ3v) is 4.97. The molecule has 162 valence electrons. The van der Waals surface area contributed by atoms with Crippen molar-refractivity contribution in [3.05, 3.63) is 84.7 Å². The molecule has 4 rings (SSSR count). The number of nitrogen functional groups attached to an aromatic ring is 1. The quantitative estimate of drug-likeness (QED) is 0.374. The van der Waals surface area contributed by atoms with Gasteiger partial charge in [0.1, 0.15) is 17.3 Å². The highest BCUT2D eigenvalue weighted by Crippen LogP contribution is 2.26. The van der Waals surface area contributed by atoms with Gasteiger partial charge in [-0.3, -0.25) is 4.98 Å². The van der Waals surface area contributed by atoms with Crippen LogP contribution in [0, 0.1) is 0 Å². The van der Waals surface area contributed by atoms with Crippen LogP contribution in [0.1, 0.15) is 5.69 Å². The van der Waals surface area contributed by atoms with Gasteiger partial charge in [0.05, 0.1) is 28.9 Å². The van der Waals surface area contributed by atoms with Crippen molar-refractivity contribution in [2.75, 3.05) is 17.3 Å². The second-order valence-electron chi connectivity index (χ2n) is 6.87. The van der Waals surface area contributed by atoms with Gasteiger partial charge in [-0.1, -0.05) is 30.3 Å². The van der Waals surface area contributed by atoms with Crippen LogP contribution in [-0.2, 0) is 17.5 Å². The van der Waals surface area contributed by atoms with E-state index in [1.807, 2.05) is 60.7 Å². The summed E-state index contributed by atoms with van der Waals surface area (Å²) >= 11 is 0. The first-order chi connectivity index (χ1) is 15.5. The van der Waals surface area contributed by atoms with Gasteiger partial charge in [0, 0.05) is 35.8 Å². The van der Waals surface area contributed by atoms with Crippen molar-refractivity contribution in [1.29, 1.82) is 0 Å². The van der Waals surface area contributed by atoms with Crippen LogP contribution in [0.4, 0.5) is 17.5 Å². The lowest BCUT2D eigenvalue weighted by atomic mass is 10.1. The standard InChI is InChI=1S/C23H22N6O2S/c1-32(30)26-15-18-13-20(11-12-25-18)31-19-9-7-17(8-10-19)27-22-14-21(28-23(24)29-22)16-5-3-2-4-6-16/h2-14,26H,15H2,1H3,(H3,24,27,28,29). The summed E-state index contributed by atoms with van der Waals surface area (Å²) in [4.78, 5) is 12.8. The van der Waals surface area contributed by atoms with Gasteiger partial charge < -0.3 is 15.8 Å². The first-order valence-corrected chi connectivity index (χ1v) is 11.4. The number of hydrogen-bond donors (Lipinski definition) is 3. The molecule has 4 N–H and O–H groups in total. The van der Waals surface area contributed by atoms with Crippen LogP contribution in [0.25, 0.3) is 11.3 Å². The van der Waals surface area contributed by atoms with Crippen LogP contribution in [-0.4, -0.2) is 25.4 Å². The van der Waals surface area contributed by atoms with E-state index in [-0.39, 0.29) is 5.95 Å². The molecule has 0 saturated heterocycles. The summed E-state index contributed by atoms with van der Waals surface area (Å²) < 4.78 is 19.9. The largest absolute Gasteiger partial charge is 0.457 e. The smallest absolute Gasteiger partial charge is 0.222 e. The summed E-state index contributed by atoms with van der Waals surface area (Å²) in [7, 11) is -1.10. The Morgan fingerprint density at radius 1 is 0.969 bits per heavy atom. The second kappa shape index (κ2) is 9.99. The molecule has 2 aromatic carbocycles. The summed E-state index contributed by atoms with van der Waals surface area (Å²) in [5.41, 5.74) is 9.19. The summed E-state index contributed by atoms with van der Waals surface area (Å²) in [5.74, 6) is 2.12. The third kappa shape index (κ3) is 5.87. The fourth-order valence-corrected chi connectivity index (χ4v) is 3.32. The Labute approximate surface area is 188 Å². The lowest BCUT2D eigenvalue weighted by Crippen LogP contribution is -2.15. The number of ether oxygens (including phenoxy) is 1. The fraction of sp³-hybridized carbons (Fsp3) is 0.0870. The van der Waals surface area contributed by atoms with Gasteiger partial charge in [0.25, 0.3) is 0 Å². The van der Waals surface area contributed by atoms with E-state index in [0.29, 0.717) is 23.9 Å². The van der Waals surface area contributed by atoms with Crippen molar-refractivity contribution in [2.45, 2.75) is 6.54 Å². The number of benzene rings is 2. The Morgan fingerprint density at radius 2 is 1.75 bits per heavy atom. The lowest BCUT2D eigenvalue weighted by molar-refractivity contribution is 0.481. The SMILES string of the molecule is CS(=O)NCc1cc(Oc2ccc(Nc3cc(-c4ccccc4)nc(N)n3)cc2)ccn1. The van der Waals surface area contributed by atoms with Gasteiger partial charge in [-0.2, -0.15) is 4.98 Å². The molecule has 2 aromatic heterocycles. The van der Waals surface area contributed by atoms with Crippen LogP contribution in [0.5, 0.6) is 11.5 Å². The Bertz CT molecular complexity index is 1220. The molecule has 1 unspecified atom stereocenters. The highest BCUT2D eigenvalue weighted by molar-refractivity contribution is 7.82. The number of nitrogens with zero attached hydrogens (tertiary/aromatic N) is 3. The van der Waals surface area contributed by atoms with Gasteiger partial charge >= 0.3 is 0 Å². The molecule has 0 amide bonds. The molecule has 9 heteroatoms. The third-order valence-electron chi connectivity index (χ3n) is 4.42. The molecule has 1 atom stereocenters. The second-order valence-corrected chi connectivity index (χ2v) is 8.07. The molecule has 2 heterocycles. The van der Waals surface area contributed by atoms with Crippen LogP contribution < -0.4 is 20.5 Å². The molecule has 0 aliphatic rings. The average molecular weight is 447 g/mol. The maximum absolute atomic E-state index is 11.2. The predicted octanol–water partition coefficient (Wildman–Crippen LogP) is 4.04. The molecular weight excluding hydrogens is 424 g/mol. The number of anilines is 3. The topological polar surface area (TPSA) is 115 Å². The highest BCUT2D eigenvalue weighted by Gasteiger charge is 2.06. The maximum atomic E-state index is 11.2. The van der Waals surface area contributed by atoms with E-state index in [9.17, 15) is 4.21 Å². The Kier molecular flexibility index (Phi) is 6.69. The maximum Gasteiger partial charge on any atom is 0.222 e. The zero-order valence-electron chi connectivity index (χ0n) is 17.4. The molecule has 4 aromatic rings. The van der Waals surface area contributed by atoms with Gasteiger partial charge in [-0.15, -0.1) is 0 Å². The number of rotatable bonds is 8. The van der Waals surface area contributed by atoms with Gasteiger partial charge in [-0.05, 0) is 30.3 Å². The van der Waals surface area contributed by atoms with E-state index >= 15 is 0 Å². The first-order valence-electron chi connectivity index (χ1n) is 9.82. The van der Waals surface area contributed by atoms with Crippen molar-refractivity contribution in [3.8, 4) is 22.8 Å². The van der Waals surface area contributed by atoms with E-state index in [1.165, 1.54) is 0 Å². The number of nitrogens with one attached hydrogen (secondary N) is 2. The van der Waals surface area contributed by atoms with Crippen LogP contribution in [0.2, 0.25) is 0 Å². The molecule has 0 bridgehead atoms. The van der Waals surface area contributed by atoms with Crippen molar-refractivity contribution in [1.82, 2.24) is 19.7 Å². The molecule has 0 aliphatic heterocycles. The molecule has 32 heavy (non-hydrogen) atoms. The van der Waals surface area contributed by atoms with E-state index in [4.69, 9.17) is 10.5 Å². The molecule has 0 fully saturated rings. The minimum absolute atomic E-state index is 0.198. The molecule has 0 aliphatic carbocycles. The van der Waals surface area contributed by atoms with Crippen molar-refractivity contribution >= 4 is 28.4 Å². The normalized spacial score (nSPS) is 11.7. The van der Waals surface area contributed by atoms with Crippen LogP contribution >= 0.6 is 0 Å². The van der Waals surface area contributed by atoms with Crippen molar-refractivity contribution in [2.24, 2.45) is 0 Å². The number of hydrogen-bond acceptors (Lipinski definition) is 7. The fourth-order valence-electron chi connectivity index (χ4n) is 2.97. The summed E-state index contributed by atoms with van der Waals surface area (Å²) in [6.07, 6.45) is 3.24. The van der Waals surface area contributed by atoms with Gasteiger partial charge in [-0.25, -0.2) is 13.9 Å². The zero-order chi connectivity index (χ0) is 22.3. The predicted molar refractivity (Wildman–Crippen MR) is 127 cm³/mol. The minimum Gasteiger partial charge on any atom is -0.457 e. The molecular formula is C23H22N6O2S. The van der Waals surface area contributed by atoms with E-state index in [1.54, 1.807) is 24.6 Å². The molecule has 0 saturated carbocycles. The average Bonchev–Trinajstić information content (AvgIpc) is 2.79. The zero-order valence-corrected chi connectivity index (χ0v) is 18.2. The van der Waals surface area contributed by atoms with E-state index in [0.717, 1.165) is 22.6 Å². The van der Waals surface area contributed by atoms with Crippen LogP contribution in [0.3, 0.4) is 0 Å². The molecule has 0 spiro atoms. The Hall–Kier alpha value is -3.82. The number of nitrogens with two attached hydrogens (primary N) is 1. The molecule has 8 nitrogen and oxygen atoms in total. The minimum atomic E-state index is -1.10. The summed E-state index contributed by atoms with van der Waals surface area (Å²) in [5, 5.41) is 3.25. The van der Waals surface area contributed by atoms with Crippen LogP contribution in [0.15, 0.2) is 79.0 Å². The Balaban J connectivity index is 1.44. The van der Waals surface area contributed by atoms with Crippen molar-refractivity contribution < 1.29 is 8.95 Å². The summed E-state index contributed by atoms with van der Waals surface area (Å²) in [6.45, 7) is 0.399. The van der Waals surface area contributed by atoms with E-state index < -0.39 is 11.0 Å².